The third-order valence-electron chi connectivity index (χ3n) is 4.70. The van der Waals surface area contributed by atoms with E-state index < -0.39 is 0 Å². The number of aromatic nitrogens is 1. The Morgan fingerprint density at radius 2 is 1.52 bits per heavy atom. The van der Waals surface area contributed by atoms with Gasteiger partial charge in [-0.3, -0.25) is 4.99 Å². The first-order valence-corrected chi connectivity index (χ1v) is 8.41. The van der Waals surface area contributed by atoms with Crippen LogP contribution in [-0.2, 0) is 0 Å². The van der Waals surface area contributed by atoms with E-state index in [0.717, 1.165) is 17.0 Å². The second-order valence-electron chi connectivity index (χ2n) is 6.19. The van der Waals surface area contributed by atoms with Gasteiger partial charge in [0, 0.05) is 34.5 Å². The van der Waals surface area contributed by atoms with Crippen molar-refractivity contribution in [2.45, 2.75) is 0 Å². The molecule has 2 nitrogen and oxygen atoms in total. The number of nitrogens with one attached hydrogen (secondary N) is 1. The van der Waals surface area contributed by atoms with E-state index in [2.05, 4.69) is 84.0 Å². The summed E-state index contributed by atoms with van der Waals surface area (Å²) in [6.07, 6.45) is 4.03. The van der Waals surface area contributed by atoms with Gasteiger partial charge < -0.3 is 4.98 Å². The first-order valence-electron chi connectivity index (χ1n) is 8.41. The van der Waals surface area contributed by atoms with E-state index in [1.165, 1.54) is 27.5 Å². The second-order valence-corrected chi connectivity index (χ2v) is 6.19. The van der Waals surface area contributed by atoms with Crippen molar-refractivity contribution >= 4 is 28.3 Å². The van der Waals surface area contributed by atoms with Gasteiger partial charge in [0.1, 0.15) is 0 Å². The molecule has 0 fully saturated rings. The molecule has 1 aromatic heterocycles. The molecule has 0 saturated heterocycles. The summed E-state index contributed by atoms with van der Waals surface area (Å²) in [4.78, 5) is 8.27. The number of aliphatic imine (C=N–C) groups is 1. The molecule has 1 aliphatic rings. The molecule has 2 heteroatoms. The summed E-state index contributed by atoms with van der Waals surface area (Å²) in [5.74, 6) is 0. The van der Waals surface area contributed by atoms with Gasteiger partial charge >= 0.3 is 0 Å². The van der Waals surface area contributed by atoms with Gasteiger partial charge in [0.05, 0.1) is 11.4 Å². The van der Waals surface area contributed by atoms with Crippen molar-refractivity contribution < 1.29 is 0 Å². The molecule has 5 rings (SSSR count). The van der Waals surface area contributed by atoms with E-state index in [1.54, 1.807) is 0 Å². The maximum atomic E-state index is 4.78. The van der Waals surface area contributed by atoms with Gasteiger partial charge in [0.15, 0.2) is 0 Å². The van der Waals surface area contributed by atoms with Gasteiger partial charge in [0.2, 0.25) is 0 Å². The van der Waals surface area contributed by atoms with Crippen molar-refractivity contribution in [1.29, 1.82) is 0 Å². The van der Waals surface area contributed by atoms with Crippen LogP contribution in [0.25, 0.3) is 22.0 Å². The molecule has 1 aliphatic heterocycles. The van der Waals surface area contributed by atoms with Crippen LogP contribution in [0.4, 0.5) is 0 Å². The van der Waals surface area contributed by atoms with E-state index in [0.29, 0.717) is 0 Å². The van der Waals surface area contributed by atoms with Gasteiger partial charge in [-0.15, -0.1) is 0 Å². The topological polar surface area (TPSA) is 28.1 Å². The zero-order chi connectivity index (χ0) is 16.6. The highest BCUT2D eigenvalue weighted by atomic mass is 14.8. The van der Waals surface area contributed by atoms with E-state index in [1.807, 2.05) is 12.3 Å². The minimum atomic E-state index is 1.02. The third-order valence-corrected chi connectivity index (χ3v) is 4.70. The van der Waals surface area contributed by atoms with Crippen molar-refractivity contribution in [2.24, 2.45) is 4.99 Å². The number of rotatable bonds is 2. The standard InChI is InChI=1S/C23H16N2/c1-2-8-16(9-3-1)21(22-19-12-6-4-10-17(19)14-24-22)23-20-13-7-5-11-18(20)15-25-23/h1-15,24H. The first-order chi connectivity index (χ1) is 12.4. The quantitative estimate of drug-likeness (QED) is 0.504. The molecule has 0 unspecified atom stereocenters. The van der Waals surface area contributed by atoms with Gasteiger partial charge in [0.25, 0.3) is 0 Å². The zero-order valence-corrected chi connectivity index (χ0v) is 13.6. The van der Waals surface area contributed by atoms with Crippen LogP contribution >= 0.6 is 0 Å². The Labute approximate surface area is 146 Å². The van der Waals surface area contributed by atoms with Crippen LogP contribution < -0.4 is 0 Å². The lowest BCUT2D eigenvalue weighted by Gasteiger charge is -2.11. The summed E-state index contributed by atoms with van der Waals surface area (Å²) in [6.45, 7) is 0. The molecule has 1 N–H and O–H groups in total. The number of fused-ring (bicyclic) bond motifs is 2. The molecule has 2 heterocycles. The van der Waals surface area contributed by atoms with Gasteiger partial charge in [-0.05, 0) is 10.9 Å². The average Bonchev–Trinajstić information content (AvgIpc) is 3.29. The van der Waals surface area contributed by atoms with Crippen LogP contribution in [0.3, 0.4) is 0 Å². The molecule has 0 spiro atoms. The molecular weight excluding hydrogens is 304 g/mol. The lowest BCUT2D eigenvalue weighted by molar-refractivity contribution is 1.35. The SMILES string of the molecule is C1=NC(=C(c2ccccc2)c2[nH]cc3ccccc23)c2ccccc21. The van der Waals surface area contributed by atoms with Crippen molar-refractivity contribution in [1.82, 2.24) is 4.98 Å². The number of aromatic amines is 1. The van der Waals surface area contributed by atoms with E-state index in [4.69, 9.17) is 4.99 Å². The van der Waals surface area contributed by atoms with E-state index in [9.17, 15) is 0 Å². The molecule has 4 aromatic rings. The fourth-order valence-electron chi connectivity index (χ4n) is 3.52. The molecule has 118 valence electrons. The third kappa shape index (κ3) is 2.23. The monoisotopic (exact) mass is 320 g/mol. The first kappa shape index (κ1) is 14.0. The summed E-state index contributed by atoms with van der Waals surface area (Å²) >= 11 is 0. The van der Waals surface area contributed by atoms with Crippen LogP contribution in [0.1, 0.15) is 22.4 Å². The maximum absolute atomic E-state index is 4.78. The normalized spacial score (nSPS) is 14.7. The Balaban J connectivity index is 1.86. The van der Waals surface area contributed by atoms with Crippen LogP contribution in [0, 0.1) is 0 Å². The minimum Gasteiger partial charge on any atom is -0.360 e. The van der Waals surface area contributed by atoms with Crippen molar-refractivity contribution in [3.8, 4) is 0 Å². The number of hydrogen-bond donors (Lipinski definition) is 1. The lowest BCUT2D eigenvalue weighted by Crippen LogP contribution is -1.93. The van der Waals surface area contributed by atoms with Crippen molar-refractivity contribution in [3.05, 3.63) is 107 Å². The smallest absolute Gasteiger partial charge is 0.0808 e. The maximum Gasteiger partial charge on any atom is 0.0808 e. The number of nitrogens with zero attached hydrogens (tertiary/aromatic N) is 1. The predicted octanol–water partition coefficient (Wildman–Crippen LogP) is 5.52. The average molecular weight is 320 g/mol. The predicted molar refractivity (Wildman–Crippen MR) is 105 cm³/mol. The van der Waals surface area contributed by atoms with Gasteiger partial charge in [-0.1, -0.05) is 78.9 Å². The Hall–Kier alpha value is -3.39. The summed E-state index contributed by atoms with van der Waals surface area (Å²) in [7, 11) is 0. The summed E-state index contributed by atoms with van der Waals surface area (Å²) < 4.78 is 0. The molecule has 3 aromatic carbocycles. The molecular formula is C23H16N2. The van der Waals surface area contributed by atoms with Gasteiger partial charge in [-0.25, -0.2) is 0 Å². The van der Waals surface area contributed by atoms with Crippen molar-refractivity contribution in [2.75, 3.05) is 0 Å². The fourth-order valence-corrected chi connectivity index (χ4v) is 3.52. The van der Waals surface area contributed by atoms with Crippen LogP contribution in [-0.4, -0.2) is 11.2 Å². The van der Waals surface area contributed by atoms with E-state index >= 15 is 0 Å². The van der Waals surface area contributed by atoms with Crippen LogP contribution in [0.15, 0.2) is 90.1 Å². The molecule has 25 heavy (non-hydrogen) atoms. The highest BCUT2D eigenvalue weighted by Gasteiger charge is 2.21. The highest BCUT2D eigenvalue weighted by Crippen LogP contribution is 2.38. The van der Waals surface area contributed by atoms with Crippen LogP contribution in [0.5, 0.6) is 0 Å². The Kier molecular flexibility index (Phi) is 3.14. The molecule has 0 bridgehead atoms. The van der Waals surface area contributed by atoms with E-state index in [-0.39, 0.29) is 0 Å². The minimum absolute atomic E-state index is 1.02. The van der Waals surface area contributed by atoms with Gasteiger partial charge in [-0.2, -0.15) is 0 Å². The van der Waals surface area contributed by atoms with Crippen molar-refractivity contribution in [3.63, 3.8) is 0 Å². The molecule has 0 radical (unpaired) electrons. The van der Waals surface area contributed by atoms with Crippen LogP contribution in [0.2, 0.25) is 0 Å². The molecule has 0 atom stereocenters. The zero-order valence-electron chi connectivity index (χ0n) is 13.6. The summed E-state index contributed by atoms with van der Waals surface area (Å²) in [6, 6.07) is 27.3. The number of hydrogen-bond acceptors (Lipinski definition) is 1. The lowest BCUT2D eigenvalue weighted by atomic mass is 9.94. The largest absolute Gasteiger partial charge is 0.360 e. The molecule has 0 saturated carbocycles. The summed E-state index contributed by atoms with van der Waals surface area (Å²) in [5.41, 5.74) is 6.80. The highest BCUT2D eigenvalue weighted by molar-refractivity contribution is 6.11. The molecule has 0 amide bonds. The number of H-pyrrole nitrogens is 1. The Bertz CT molecular complexity index is 1130. The Morgan fingerprint density at radius 1 is 0.760 bits per heavy atom. The fraction of sp³-hybridized carbons (Fsp3) is 0. The summed E-state index contributed by atoms with van der Waals surface area (Å²) in [5, 5.41) is 2.43. The Morgan fingerprint density at radius 3 is 2.44 bits per heavy atom. The number of benzene rings is 3. The molecule has 0 aliphatic carbocycles. The second kappa shape index (κ2) is 5.60.